The third-order valence-electron chi connectivity index (χ3n) is 8.30. The highest BCUT2D eigenvalue weighted by Gasteiger charge is 2.40. The Morgan fingerprint density at radius 1 is 1.08 bits per heavy atom. The van der Waals surface area contributed by atoms with Crippen molar-refractivity contribution in [1.82, 2.24) is 20.6 Å². The molecule has 1 aromatic heterocycles. The summed E-state index contributed by atoms with van der Waals surface area (Å²) in [6, 6.07) is 12.0. The molecule has 4 atom stereocenters. The summed E-state index contributed by atoms with van der Waals surface area (Å²) in [6.07, 6.45) is 12.8. The van der Waals surface area contributed by atoms with Crippen molar-refractivity contribution in [2.75, 3.05) is 36.5 Å². The van der Waals surface area contributed by atoms with Crippen LogP contribution in [0.4, 0.5) is 11.8 Å². The van der Waals surface area contributed by atoms with Crippen molar-refractivity contribution < 1.29 is 0 Å². The van der Waals surface area contributed by atoms with Gasteiger partial charge < -0.3 is 21.3 Å². The molecule has 3 fully saturated rings. The Hall–Kier alpha value is -2.34. The van der Waals surface area contributed by atoms with Gasteiger partial charge in [0.25, 0.3) is 0 Å². The number of nitrogens with zero attached hydrogens (tertiary/aromatic N) is 3. The molecule has 0 amide bonds. The van der Waals surface area contributed by atoms with Crippen LogP contribution in [0.5, 0.6) is 0 Å². The van der Waals surface area contributed by atoms with Crippen molar-refractivity contribution in [3.05, 3.63) is 41.6 Å². The Labute approximate surface area is 219 Å². The van der Waals surface area contributed by atoms with Gasteiger partial charge in [-0.15, -0.1) is 11.8 Å². The van der Waals surface area contributed by atoms with E-state index in [-0.39, 0.29) is 0 Å². The number of hydrogen-bond acceptors (Lipinski definition) is 8. The summed E-state index contributed by atoms with van der Waals surface area (Å²) in [5.41, 5.74) is 1.72. The first-order valence-corrected chi connectivity index (χ1v) is 14.8. The predicted octanol–water partition coefficient (Wildman–Crippen LogP) is 4.63. The molecule has 5 rings (SSSR count). The van der Waals surface area contributed by atoms with Crippen molar-refractivity contribution in [2.24, 2.45) is 17.8 Å². The largest absolute Gasteiger partial charge is 0.369 e. The number of piperidine rings is 1. The van der Waals surface area contributed by atoms with Crippen LogP contribution in [-0.4, -0.2) is 47.9 Å². The fourth-order valence-corrected chi connectivity index (χ4v) is 7.13. The smallest absolute Gasteiger partial charge is 0.224 e. The lowest BCUT2D eigenvalue weighted by atomic mass is 9.64. The summed E-state index contributed by atoms with van der Waals surface area (Å²) in [7, 11) is 0. The second kappa shape index (κ2) is 12.3. The molecule has 3 aliphatic rings. The fraction of sp³-hybridized carbons (Fsp3) is 0.607. The van der Waals surface area contributed by atoms with E-state index in [2.05, 4.69) is 67.8 Å². The number of anilines is 2. The average molecular weight is 506 g/mol. The molecule has 1 saturated heterocycles. The molecule has 2 heterocycles. The molecule has 1 aromatic carbocycles. The molecule has 2 aromatic rings. The average Bonchev–Trinajstić information content (AvgIpc) is 2.91. The minimum absolute atomic E-state index is 0.506. The molecule has 192 valence electrons. The normalized spacial score (nSPS) is 26.2. The van der Waals surface area contributed by atoms with E-state index < -0.39 is 0 Å². The van der Waals surface area contributed by atoms with E-state index in [4.69, 9.17) is 0 Å². The van der Waals surface area contributed by atoms with Gasteiger partial charge in [0.15, 0.2) is 0 Å². The Morgan fingerprint density at radius 3 is 2.61 bits per heavy atom. The molecule has 1 unspecified atom stereocenters. The number of fused-ring (bicyclic) bond motifs is 2. The number of nitrogens with one attached hydrogen (secondary N) is 4. The molecule has 2 saturated carbocycles. The van der Waals surface area contributed by atoms with E-state index in [1.807, 2.05) is 0 Å². The van der Waals surface area contributed by atoms with Crippen molar-refractivity contribution in [3.8, 4) is 6.07 Å². The second-order valence-corrected chi connectivity index (χ2v) is 11.5. The third kappa shape index (κ3) is 6.13. The van der Waals surface area contributed by atoms with Gasteiger partial charge in [0.2, 0.25) is 5.95 Å². The SMILES string of the molecule is CSc1ccccc1CNc1ncc(C#N)c(NCC2C[C@H]3CCC[C@@H](C2)[C@@H]3NC2CCNCC2)n1. The molecule has 36 heavy (non-hydrogen) atoms. The van der Waals surface area contributed by atoms with Gasteiger partial charge in [0.1, 0.15) is 17.5 Å². The molecular weight excluding hydrogens is 466 g/mol. The number of thioether (sulfide) groups is 1. The maximum absolute atomic E-state index is 9.64. The standard InChI is InChI=1S/C28H39N7S/c1-36-25-8-3-2-5-22(25)17-32-28-33-18-23(15-29)27(35-28)31-16-19-13-20-6-4-7-21(14-19)26(20)34-24-9-11-30-12-10-24/h2-3,5,8,18-21,24,26,30,34H,4,6-7,9-14,16-17H2,1H3,(H2,31,32,33,35)/t19?,20-,21+,26-. The van der Waals surface area contributed by atoms with Crippen LogP contribution in [0.1, 0.15) is 56.1 Å². The second-order valence-electron chi connectivity index (χ2n) is 10.6. The summed E-state index contributed by atoms with van der Waals surface area (Å²) in [5, 5.41) is 24.1. The minimum Gasteiger partial charge on any atom is -0.369 e. The first kappa shape index (κ1) is 25.3. The molecule has 7 nitrogen and oxygen atoms in total. The highest BCUT2D eigenvalue weighted by Crippen LogP contribution is 2.43. The Balaban J connectivity index is 1.19. The zero-order valence-corrected chi connectivity index (χ0v) is 22.1. The van der Waals surface area contributed by atoms with Crippen LogP contribution in [-0.2, 0) is 6.54 Å². The maximum Gasteiger partial charge on any atom is 0.224 e. The van der Waals surface area contributed by atoms with Crippen molar-refractivity contribution >= 4 is 23.5 Å². The van der Waals surface area contributed by atoms with E-state index in [0.29, 0.717) is 41.9 Å². The van der Waals surface area contributed by atoms with Crippen LogP contribution in [0.15, 0.2) is 35.4 Å². The molecule has 1 aliphatic heterocycles. The lowest BCUT2D eigenvalue weighted by Crippen LogP contribution is -2.54. The molecule has 2 aliphatic carbocycles. The highest BCUT2D eigenvalue weighted by molar-refractivity contribution is 7.98. The third-order valence-corrected chi connectivity index (χ3v) is 9.14. The van der Waals surface area contributed by atoms with Gasteiger partial charge in [-0.25, -0.2) is 4.98 Å². The zero-order valence-electron chi connectivity index (χ0n) is 21.3. The highest BCUT2D eigenvalue weighted by atomic mass is 32.2. The van der Waals surface area contributed by atoms with Crippen LogP contribution in [0.2, 0.25) is 0 Å². The van der Waals surface area contributed by atoms with Gasteiger partial charge in [-0.3, -0.25) is 0 Å². The van der Waals surface area contributed by atoms with E-state index in [9.17, 15) is 5.26 Å². The van der Waals surface area contributed by atoms with E-state index in [1.165, 1.54) is 55.4 Å². The van der Waals surface area contributed by atoms with E-state index in [0.717, 1.165) is 31.5 Å². The van der Waals surface area contributed by atoms with Crippen LogP contribution < -0.4 is 21.3 Å². The number of aromatic nitrogens is 2. The molecule has 0 spiro atoms. The number of nitriles is 1. The summed E-state index contributed by atoms with van der Waals surface area (Å²) >= 11 is 1.74. The van der Waals surface area contributed by atoms with Gasteiger partial charge in [-0.05, 0) is 87.3 Å². The summed E-state index contributed by atoms with van der Waals surface area (Å²) in [5.74, 6) is 3.37. The van der Waals surface area contributed by atoms with Gasteiger partial charge in [-0.2, -0.15) is 10.2 Å². The summed E-state index contributed by atoms with van der Waals surface area (Å²) in [4.78, 5) is 10.3. The van der Waals surface area contributed by atoms with Crippen molar-refractivity contribution in [2.45, 2.75) is 68.5 Å². The molecule has 8 heteroatoms. The van der Waals surface area contributed by atoms with E-state index in [1.54, 1.807) is 18.0 Å². The fourth-order valence-electron chi connectivity index (χ4n) is 6.52. The lowest BCUT2D eigenvalue weighted by Gasteiger charge is -2.48. The molecule has 4 N–H and O–H groups in total. The number of hydrogen-bond donors (Lipinski definition) is 4. The number of rotatable bonds is 9. The summed E-state index contributed by atoms with van der Waals surface area (Å²) in [6.45, 7) is 3.81. The molecule has 0 radical (unpaired) electrons. The number of benzene rings is 1. The zero-order chi connectivity index (χ0) is 24.7. The van der Waals surface area contributed by atoms with Crippen LogP contribution in [0.3, 0.4) is 0 Å². The quantitative estimate of drug-likeness (QED) is 0.366. The Morgan fingerprint density at radius 2 is 1.86 bits per heavy atom. The van der Waals surface area contributed by atoms with Crippen molar-refractivity contribution in [3.63, 3.8) is 0 Å². The van der Waals surface area contributed by atoms with Crippen LogP contribution in [0, 0.1) is 29.1 Å². The summed E-state index contributed by atoms with van der Waals surface area (Å²) < 4.78 is 0. The van der Waals surface area contributed by atoms with Gasteiger partial charge >= 0.3 is 0 Å². The molecular formula is C28H39N7S. The van der Waals surface area contributed by atoms with Gasteiger partial charge in [0, 0.05) is 30.1 Å². The first-order chi connectivity index (χ1) is 17.7. The van der Waals surface area contributed by atoms with Gasteiger partial charge in [-0.1, -0.05) is 24.6 Å². The van der Waals surface area contributed by atoms with Crippen LogP contribution >= 0.6 is 11.8 Å². The topological polar surface area (TPSA) is 97.7 Å². The molecule has 2 bridgehead atoms. The Bertz CT molecular complexity index is 1030. The first-order valence-electron chi connectivity index (χ1n) is 13.6. The maximum atomic E-state index is 9.64. The minimum atomic E-state index is 0.506. The van der Waals surface area contributed by atoms with Crippen LogP contribution in [0.25, 0.3) is 0 Å². The lowest BCUT2D eigenvalue weighted by molar-refractivity contribution is 0.0765. The predicted molar refractivity (Wildman–Crippen MR) is 147 cm³/mol. The Kier molecular flexibility index (Phi) is 8.63. The van der Waals surface area contributed by atoms with E-state index >= 15 is 0 Å². The monoisotopic (exact) mass is 505 g/mol. The van der Waals surface area contributed by atoms with Crippen molar-refractivity contribution in [1.29, 1.82) is 5.26 Å². The van der Waals surface area contributed by atoms with Gasteiger partial charge in [0.05, 0.1) is 6.20 Å².